The predicted molar refractivity (Wildman–Crippen MR) is 116 cm³/mol. The molecular formula is C23H14ClNOS. The van der Waals surface area contributed by atoms with E-state index in [0.29, 0.717) is 9.90 Å². The van der Waals surface area contributed by atoms with E-state index in [4.69, 9.17) is 11.6 Å². The Morgan fingerprint density at radius 3 is 2.00 bits per heavy atom. The number of amides is 1. The maximum Gasteiger partial charge on any atom is 0.267 e. The minimum Gasteiger partial charge on any atom is -0.321 e. The average molecular weight is 388 g/mol. The van der Waals surface area contributed by atoms with Crippen molar-refractivity contribution in [1.82, 2.24) is 0 Å². The first-order valence-corrected chi connectivity index (χ1v) is 9.81. The number of thiophene rings is 1. The van der Waals surface area contributed by atoms with Gasteiger partial charge in [0, 0.05) is 21.2 Å². The van der Waals surface area contributed by atoms with Gasteiger partial charge in [-0.15, -0.1) is 11.3 Å². The molecule has 0 radical (unpaired) electrons. The van der Waals surface area contributed by atoms with Crippen LogP contribution in [0.2, 0.25) is 5.02 Å². The van der Waals surface area contributed by atoms with Crippen molar-refractivity contribution < 1.29 is 4.79 Å². The van der Waals surface area contributed by atoms with Crippen molar-refractivity contribution >= 4 is 66.2 Å². The third kappa shape index (κ3) is 2.59. The molecule has 0 saturated heterocycles. The fourth-order valence-corrected chi connectivity index (χ4v) is 5.14. The molecule has 1 N–H and O–H groups in total. The van der Waals surface area contributed by atoms with E-state index in [0.717, 1.165) is 31.9 Å². The van der Waals surface area contributed by atoms with Crippen LogP contribution in [0.15, 0.2) is 78.9 Å². The standard InChI is InChI=1S/C23H14ClNOS/c24-20-19-17-12-6-4-10-15(17)16-11-5-7-13-18(16)21(19)27-22(20)23(26)25-14-8-2-1-3-9-14/h1-13H,(H,25,26). The summed E-state index contributed by atoms with van der Waals surface area (Å²) in [7, 11) is 0. The van der Waals surface area contributed by atoms with Crippen molar-refractivity contribution in [3.8, 4) is 0 Å². The Morgan fingerprint density at radius 1 is 0.741 bits per heavy atom. The molecule has 1 aromatic heterocycles. The van der Waals surface area contributed by atoms with Crippen LogP contribution in [0.5, 0.6) is 0 Å². The number of nitrogens with one attached hydrogen (secondary N) is 1. The summed E-state index contributed by atoms with van der Waals surface area (Å²) < 4.78 is 1.05. The lowest BCUT2D eigenvalue weighted by Crippen LogP contribution is -2.10. The number of hydrogen-bond donors (Lipinski definition) is 1. The summed E-state index contributed by atoms with van der Waals surface area (Å²) in [5.41, 5.74) is 0.755. The van der Waals surface area contributed by atoms with Crippen LogP contribution in [0.1, 0.15) is 9.67 Å². The van der Waals surface area contributed by atoms with E-state index >= 15 is 0 Å². The molecule has 0 aliphatic heterocycles. The third-order valence-electron chi connectivity index (χ3n) is 4.75. The molecule has 0 spiro atoms. The Morgan fingerprint density at radius 2 is 1.30 bits per heavy atom. The number of carbonyl (C=O) groups is 1. The van der Waals surface area contributed by atoms with Gasteiger partial charge in [-0.3, -0.25) is 4.79 Å². The van der Waals surface area contributed by atoms with Crippen LogP contribution < -0.4 is 5.32 Å². The second kappa shape index (κ2) is 6.38. The van der Waals surface area contributed by atoms with Crippen LogP contribution in [-0.4, -0.2) is 5.91 Å². The molecular weight excluding hydrogens is 374 g/mol. The molecule has 2 nitrogen and oxygen atoms in total. The lowest BCUT2D eigenvalue weighted by molar-refractivity contribution is 0.103. The smallest absolute Gasteiger partial charge is 0.267 e. The van der Waals surface area contributed by atoms with E-state index < -0.39 is 0 Å². The molecule has 4 heteroatoms. The van der Waals surface area contributed by atoms with Crippen LogP contribution in [0, 0.1) is 0 Å². The van der Waals surface area contributed by atoms with Gasteiger partial charge in [0.05, 0.1) is 5.02 Å². The van der Waals surface area contributed by atoms with E-state index in [1.54, 1.807) is 0 Å². The van der Waals surface area contributed by atoms with Gasteiger partial charge >= 0.3 is 0 Å². The predicted octanol–water partition coefficient (Wildman–Crippen LogP) is 7.11. The molecule has 0 saturated carbocycles. The molecule has 0 bridgehead atoms. The van der Waals surface area contributed by atoms with Gasteiger partial charge in [-0.25, -0.2) is 0 Å². The van der Waals surface area contributed by atoms with E-state index in [2.05, 4.69) is 29.6 Å². The monoisotopic (exact) mass is 387 g/mol. The highest BCUT2D eigenvalue weighted by atomic mass is 35.5. The molecule has 0 fully saturated rings. The summed E-state index contributed by atoms with van der Waals surface area (Å²) in [4.78, 5) is 13.4. The minimum atomic E-state index is -0.180. The first-order chi connectivity index (χ1) is 13.2. The molecule has 130 valence electrons. The lowest BCUT2D eigenvalue weighted by atomic mass is 9.99. The first kappa shape index (κ1) is 16.3. The summed E-state index contributed by atoms with van der Waals surface area (Å²) in [5.74, 6) is -0.180. The zero-order chi connectivity index (χ0) is 18.4. The van der Waals surface area contributed by atoms with Gasteiger partial charge < -0.3 is 5.32 Å². The highest BCUT2D eigenvalue weighted by Gasteiger charge is 2.21. The molecule has 0 atom stereocenters. The molecule has 5 aromatic rings. The van der Waals surface area contributed by atoms with Crippen molar-refractivity contribution in [2.45, 2.75) is 0 Å². The number of hydrogen-bond acceptors (Lipinski definition) is 2. The second-order valence-corrected chi connectivity index (χ2v) is 7.76. The number of benzene rings is 4. The average Bonchev–Trinajstić information content (AvgIpc) is 3.07. The van der Waals surface area contributed by atoms with E-state index in [1.165, 1.54) is 16.7 Å². The second-order valence-electron chi connectivity index (χ2n) is 6.36. The van der Waals surface area contributed by atoms with Crippen LogP contribution >= 0.6 is 22.9 Å². The molecule has 1 amide bonds. The maximum absolute atomic E-state index is 12.9. The third-order valence-corrected chi connectivity index (χ3v) is 6.46. The highest BCUT2D eigenvalue weighted by Crippen LogP contribution is 2.44. The van der Waals surface area contributed by atoms with Gasteiger partial charge in [-0.05, 0) is 28.3 Å². The van der Waals surface area contributed by atoms with Gasteiger partial charge in [0.2, 0.25) is 0 Å². The van der Waals surface area contributed by atoms with Crippen molar-refractivity contribution in [2.24, 2.45) is 0 Å². The summed E-state index contributed by atoms with van der Waals surface area (Å²) in [6.45, 7) is 0. The Labute approximate surface area is 165 Å². The molecule has 0 unspecified atom stereocenters. The molecule has 27 heavy (non-hydrogen) atoms. The van der Waals surface area contributed by atoms with E-state index in [-0.39, 0.29) is 5.91 Å². The van der Waals surface area contributed by atoms with Gasteiger partial charge in [0.1, 0.15) is 4.88 Å². The zero-order valence-corrected chi connectivity index (χ0v) is 15.8. The summed E-state index contributed by atoms with van der Waals surface area (Å²) >= 11 is 8.20. The van der Waals surface area contributed by atoms with Crippen molar-refractivity contribution in [3.63, 3.8) is 0 Å². The molecule has 4 aromatic carbocycles. The van der Waals surface area contributed by atoms with Gasteiger partial charge in [-0.1, -0.05) is 78.3 Å². The Bertz CT molecular complexity index is 1320. The molecule has 5 rings (SSSR count). The van der Waals surface area contributed by atoms with Gasteiger partial charge in [-0.2, -0.15) is 0 Å². The fraction of sp³-hybridized carbons (Fsp3) is 0. The fourth-order valence-electron chi connectivity index (χ4n) is 3.55. The summed E-state index contributed by atoms with van der Waals surface area (Å²) in [6, 6.07) is 25.9. The highest BCUT2D eigenvalue weighted by molar-refractivity contribution is 7.23. The van der Waals surface area contributed by atoms with Gasteiger partial charge in [0.25, 0.3) is 5.91 Å². The Kier molecular flexibility index (Phi) is 3.85. The number of fused-ring (bicyclic) bond motifs is 6. The van der Waals surface area contributed by atoms with Crippen LogP contribution in [-0.2, 0) is 0 Å². The number of halogens is 1. The normalized spacial score (nSPS) is 11.3. The zero-order valence-electron chi connectivity index (χ0n) is 14.2. The number of para-hydroxylation sites is 1. The van der Waals surface area contributed by atoms with Crippen molar-refractivity contribution in [2.75, 3.05) is 5.32 Å². The number of carbonyl (C=O) groups excluding carboxylic acids is 1. The topological polar surface area (TPSA) is 29.1 Å². The van der Waals surface area contributed by atoms with Crippen molar-refractivity contribution in [1.29, 1.82) is 0 Å². The number of anilines is 1. The van der Waals surface area contributed by atoms with Crippen LogP contribution in [0.25, 0.3) is 31.6 Å². The quantitative estimate of drug-likeness (QED) is 0.321. The Balaban J connectivity index is 1.79. The van der Waals surface area contributed by atoms with E-state index in [9.17, 15) is 4.79 Å². The number of rotatable bonds is 2. The molecule has 0 aliphatic rings. The lowest BCUT2D eigenvalue weighted by Gasteiger charge is -2.06. The molecule has 1 heterocycles. The molecule has 0 aliphatic carbocycles. The maximum atomic E-state index is 12.9. The minimum absolute atomic E-state index is 0.180. The largest absolute Gasteiger partial charge is 0.321 e. The van der Waals surface area contributed by atoms with E-state index in [1.807, 2.05) is 54.6 Å². The summed E-state index contributed by atoms with van der Waals surface area (Å²) in [5, 5.41) is 8.94. The Hall–Kier alpha value is -2.88. The SMILES string of the molecule is O=C(Nc1ccccc1)c1sc2c3ccccc3c3ccccc3c2c1Cl. The van der Waals surface area contributed by atoms with Crippen LogP contribution in [0.3, 0.4) is 0 Å². The first-order valence-electron chi connectivity index (χ1n) is 8.62. The van der Waals surface area contributed by atoms with Crippen LogP contribution in [0.4, 0.5) is 5.69 Å². The van der Waals surface area contributed by atoms with Gasteiger partial charge in [0.15, 0.2) is 0 Å². The summed E-state index contributed by atoms with van der Waals surface area (Å²) in [6.07, 6.45) is 0. The van der Waals surface area contributed by atoms with Crippen molar-refractivity contribution in [3.05, 3.63) is 88.8 Å².